The number of nitrogens with two attached hydrogens (primary N) is 1. The number of phenols is 1. The fourth-order valence-corrected chi connectivity index (χ4v) is 3.72. The summed E-state index contributed by atoms with van der Waals surface area (Å²) < 4.78 is 5.11. The number of pyridine rings is 1. The standard InChI is InChI=1S/C9H14N2O.C9H19NO.C8H7NO.CH2O/c1-4-7-5-8(10-2)9(12-3)6-11-7;10-7-9-3-1-8(2-4-9)5-6-11;1-6-2-3-8(10)7(4-6)5-9;1-2/h5-6H,4H2,1-3H3,(H,10,11);8-9,11H,1-7,10H2;2-4,10H,1H3;1H2. The first-order chi connectivity index (χ1) is 16.9. The number of aliphatic hydroxyl groups excluding tert-OH is 1. The van der Waals surface area contributed by atoms with E-state index in [4.69, 9.17) is 30.7 Å². The Hall–Kier alpha value is -3.15. The number of methoxy groups -OCH3 is 1. The van der Waals surface area contributed by atoms with Gasteiger partial charge < -0.3 is 30.8 Å². The van der Waals surface area contributed by atoms with Crippen LogP contribution in [0.5, 0.6) is 11.5 Å². The van der Waals surface area contributed by atoms with Gasteiger partial charge in [0.15, 0.2) is 5.75 Å². The fraction of sp³-hybridized carbons (Fsp3) is 0.519. The molecule has 1 aliphatic carbocycles. The number of nitrogens with zero attached hydrogens (tertiary/aromatic N) is 2. The zero-order valence-corrected chi connectivity index (χ0v) is 21.6. The van der Waals surface area contributed by atoms with Gasteiger partial charge in [-0.05, 0) is 74.8 Å². The SMILES string of the molecule is C=O.CCc1cc(NC)c(OC)cn1.Cc1ccc(O)c(C#N)c1.NCC1CCC(CCO)CC1. The van der Waals surface area contributed by atoms with E-state index in [0.29, 0.717) is 12.2 Å². The van der Waals surface area contributed by atoms with E-state index in [1.165, 1.54) is 31.7 Å². The van der Waals surface area contributed by atoms with Crippen molar-refractivity contribution in [1.29, 1.82) is 5.26 Å². The van der Waals surface area contributed by atoms with Crippen LogP contribution in [0.3, 0.4) is 0 Å². The molecule has 0 atom stereocenters. The number of nitrogens with one attached hydrogen (secondary N) is 1. The summed E-state index contributed by atoms with van der Waals surface area (Å²) >= 11 is 0. The Bertz CT molecular complexity index is 878. The van der Waals surface area contributed by atoms with Gasteiger partial charge in [-0.3, -0.25) is 4.98 Å². The summed E-state index contributed by atoms with van der Waals surface area (Å²) in [5, 5.41) is 29.2. The third-order valence-corrected chi connectivity index (χ3v) is 5.89. The molecule has 3 rings (SSSR count). The Kier molecular flexibility index (Phi) is 17.5. The van der Waals surface area contributed by atoms with E-state index in [2.05, 4.69) is 17.2 Å². The maximum atomic E-state index is 9.01. The van der Waals surface area contributed by atoms with Crippen molar-refractivity contribution in [2.45, 2.75) is 52.4 Å². The van der Waals surface area contributed by atoms with Crippen LogP contribution in [0.2, 0.25) is 0 Å². The Balaban J connectivity index is 0.000000480. The molecule has 0 amide bonds. The number of aromatic hydroxyl groups is 1. The topological polar surface area (TPSA) is 141 Å². The van der Waals surface area contributed by atoms with Crippen molar-refractivity contribution in [1.82, 2.24) is 4.98 Å². The van der Waals surface area contributed by atoms with Crippen LogP contribution >= 0.6 is 0 Å². The van der Waals surface area contributed by atoms with Gasteiger partial charge in [-0.25, -0.2) is 0 Å². The van der Waals surface area contributed by atoms with Crippen LogP contribution in [0.15, 0.2) is 30.5 Å². The minimum atomic E-state index is 0.0492. The van der Waals surface area contributed by atoms with E-state index in [1.54, 1.807) is 25.4 Å². The highest BCUT2D eigenvalue weighted by atomic mass is 16.5. The average Bonchev–Trinajstić information content (AvgIpc) is 2.92. The molecule has 0 saturated heterocycles. The quantitative estimate of drug-likeness (QED) is 0.476. The molecule has 2 aromatic rings. The van der Waals surface area contributed by atoms with Gasteiger partial charge in [0.2, 0.25) is 0 Å². The molecule has 1 aliphatic rings. The lowest BCUT2D eigenvalue weighted by Gasteiger charge is -2.26. The summed E-state index contributed by atoms with van der Waals surface area (Å²) in [6.45, 7) is 7.17. The van der Waals surface area contributed by atoms with E-state index in [0.717, 1.165) is 53.9 Å². The minimum absolute atomic E-state index is 0.0492. The number of anilines is 1. The molecule has 1 heterocycles. The zero-order valence-electron chi connectivity index (χ0n) is 21.6. The van der Waals surface area contributed by atoms with Gasteiger partial charge in [0.05, 0.1) is 24.6 Å². The van der Waals surface area contributed by atoms with Gasteiger partial charge in [-0.1, -0.05) is 25.8 Å². The lowest BCUT2D eigenvalue weighted by molar-refractivity contribution is -0.0980. The van der Waals surface area contributed by atoms with Gasteiger partial charge in [-0.2, -0.15) is 5.26 Å². The first kappa shape index (κ1) is 31.9. The lowest BCUT2D eigenvalue weighted by atomic mass is 9.81. The summed E-state index contributed by atoms with van der Waals surface area (Å²) in [5.41, 5.74) is 8.95. The molecule has 8 heteroatoms. The molecule has 35 heavy (non-hydrogen) atoms. The number of rotatable bonds is 6. The molecule has 0 spiro atoms. The summed E-state index contributed by atoms with van der Waals surface area (Å²) in [6, 6.07) is 8.81. The Morgan fingerprint density at radius 2 is 1.86 bits per heavy atom. The molecule has 0 unspecified atom stereocenters. The molecule has 0 bridgehead atoms. The summed E-state index contributed by atoms with van der Waals surface area (Å²) in [5.74, 6) is 2.38. The normalized spacial score (nSPS) is 16.0. The van der Waals surface area contributed by atoms with Crippen LogP contribution in [0.25, 0.3) is 0 Å². The molecule has 5 N–H and O–H groups in total. The Labute approximate surface area is 210 Å². The van der Waals surface area contributed by atoms with Crippen molar-refractivity contribution in [3.63, 3.8) is 0 Å². The van der Waals surface area contributed by atoms with E-state index < -0.39 is 0 Å². The first-order valence-electron chi connectivity index (χ1n) is 11.9. The molecule has 0 radical (unpaired) electrons. The number of aliphatic hydroxyl groups is 1. The van der Waals surface area contributed by atoms with Crippen LogP contribution < -0.4 is 15.8 Å². The number of carbonyl (C=O) groups is 1. The third-order valence-electron chi connectivity index (χ3n) is 5.89. The molecule has 1 fully saturated rings. The van der Waals surface area contributed by atoms with Gasteiger partial charge in [-0.15, -0.1) is 0 Å². The first-order valence-corrected chi connectivity index (χ1v) is 11.9. The van der Waals surface area contributed by atoms with E-state index in [1.807, 2.05) is 32.9 Å². The molecule has 194 valence electrons. The average molecular weight is 487 g/mol. The highest BCUT2D eigenvalue weighted by Crippen LogP contribution is 2.29. The van der Waals surface area contributed by atoms with E-state index in [-0.39, 0.29) is 5.75 Å². The number of ether oxygens (including phenoxy) is 1. The number of aromatic nitrogens is 1. The Morgan fingerprint density at radius 1 is 1.23 bits per heavy atom. The van der Waals surface area contributed by atoms with Crippen LogP contribution in [-0.2, 0) is 11.2 Å². The Morgan fingerprint density at radius 3 is 2.31 bits per heavy atom. The van der Waals surface area contributed by atoms with Gasteiger partial charge in [0, 0.05) is 19.3 Å². The summed E-state index contributed by atoms with van der Waals surface area (Å²) in [6.07, 6.45) is 8.80. The second-order valence-corrected chi connectivity index (χ2v) is 8.25. The van der Waals surface area contributed by atoms with Crippen molar-refractivity contribution < 1.29 is 19.7 Å². The second-order valence-electron chi connectivity index (χ2n) is 8.25. The van der Waals surface area contributed by atoms with Crippen molar-refractivity contribution in [2.24, 2.45) is 17.6 Å². The molecule has 8 nitrogen and oxygen atoms in total. The van der Waals surface area contributed by atoms with Crippen molar-refractivity contribution >= 4 is 12.5 Å². The number of hydrogen-bond acceptors (Lipinski definition) is 8. The number of benzene rings is 1. The summed E-state index contributed by atoms with van der Waals surface area (Å²) in [4.78, 5) is 12.2. The fourth-order valence-electron chi connectivity index (χ4n) is 3.72. The lowest BCUT2D eigenvalue weighted by Crippen LogP contribution is -2.21. The van der Waals surface area contributed by atoms with Crippen LogP contribution in [0.4, 0.5) is 5.69 Å². The number of aryl methyl sites for hydroxylation is 2. The van der Waals surface area contributed by atoms with Crippen molar-refractivity contribution in [3.8, 4) is 17.6 Å². The smallest absolute Gasteiger partial charge is 0.160 e. The highest BCUT2D eigenvalue weighted by Gasteiger charge is 2.19. The predicted octanol–water partition coefficient (Wildman–Crippen LogP) is 4.22. The minimum Gasteiger partial charge on any atom is -0.507 e. The predicted molar refractivity (Wildman–Crippen MR) is 141 cm³/mol. The maximum Gasteiger partial charge on any atom is 0.160 e. The molecule has 1 aromatic heterocycles. The van der Waals surface area contributed by atoms with Crippen molar-refractivity contribution in [2.75, 3.05) is 32.6 Å². The van der Waals surface area contributed by atoms with Gasteiger partial charge >= 0.3 is 0 Å². The summed E-state index contributed by atoms with van der Waals surface area (Å²) in [7, 11) is 3.51. The highest BCUT2D eigenvalue weighted by molar-refractivity contribution is 5.55. The molecule has 1 saturated carbocycles. The van der Waals surface area contributed by atoms with Crippen LogP contribution in [0.1, 0.15) is 55.8 Å². The third kappa shape index (κ3) is 12.2. The molecular weight excluding hydrogens is 444 g/mol. The van der Waals surface area contributed by atoms with E-state index in [9.17, 15) is 0 Å². The molecule has 0 aliphatic heterocycles. The number of phenolic OH excluding ortho intramolecular Hbond substituents is 1. The number of nitriles is 1. The molecular formula is C27H42N4O4. The monoisotopic (exact) mass is 486 g/mol. The molecule has 1 aromatic carbocycles. The number of hydrogen-bond donors (Lipinski definition) is 4. The van der Waals surface area contributed by atoms with Crippen LogP contribution in [0, 0.1) is 30.1 Å². The second kappa shape index (κ2) is 19.2. The van der Waals surface area contributed by atoms with Crippen molar-refractivity contribution in [3.05, 3.63) is 47.3 Å². The largest absolute Gasteiger partial charge is 0.507 e. The maximum absolute atomic E-state index is 9.01. The van der Waals surface area contributed by atoms with Crippen LogP contribution in [-0.4, -0.2) is 49.3 Å². The van der Waals surface area contributed by atoms with E-state index >= 15 is 0 Å². The number of carbonyl (C=O) groups excluding carboxylic acids is 1. The van der Waals surface area contributed by atoms with Gasteiger partial charge in [0.25, 0.3) is 0 Å². The van der Waals surface area contributed by atoms with Gasteiger partial charge in [0.1, 0.15) is 18.6 Å². The zero-order chi connectivity index (χ0) is 26.6.